The number of rotatable bonds is 7. The van der Waals surface area contributed by atoms with Crippen molar-refractivity contribution in [3.63, 3.8) is 0 Å². The number of ether oxygens (including phenoxy) is 1. The molecule has 0 bridgehead atoms. The van der Waals surface area contributed by atoms with Crippen molar-refractivity contribution in [3.05, 3.63) is 35.4 Å². The maximum absolute atomic E-state index is 10.3. The Kier molecular flexibility index (Phi) is 5.41. The van der Waals surface area contributed by atoms with Gasteiger partial charge in [0.15, 0.2) is 0 Å². The summed E-state index contributed by atoms with van der Waals surface area (Å²) in [4.78, 5) is 0. The van der Waals surface area contributed by atoms with E-state index in [4.69, 9.17) is 4.74 Å². The second-order valence-electron chi connectivity index (χ2n) is 5.68. The first-order valence-corrected chi connectivity index (χ1v) is 7.63. The van der Waals surface area contributed by atoms with Crippen LogP contribution in [-0.4, -0.2) is 17.3 Å². The lowest BCUT2D eigenvalue weighted by atomic mass is 10.1. The first-order valence-electron chi connectivity index (χ1n) is 7.63. The zero-order valence-electron chi connectivity index (χ0n) is 12.1. The summed E-state index contributed by atoms with van der Waals surface area (Å²) in [5.41, 5.74) is 2.28. The van der Waals surface area contributed by atoms with Crippen molar-refractivity contribution >= 4 is 0 Å². The van der Waals surface area contributed by atoms with Gasteiger partial charge in [-0.2, -0.15) is 0 Å². The summed E-state index contributed by atoms with van der Waals surface area (Å²) in [6, 6.07) is 8.11. The van der Waals surface area contributed by atoms with E-state index in [0.29, 0.717) is 0 Å². The van der Waals surface area contributed by atoms with Crippen LogP contribution >= 0.6 is 0 Å². The Balaban J connectivity index is 1.78. The molecule has 1 aliphatic rings. The molecule has 106 valence electrons. The van der Waals surface area contributed by atoms with Crippen molar-refractivity contribution in [3.8, 4) is 0 Å². The number of unbranched alkanes of at least 4 members (excludes halogenated alkanes) is 3. The second-order valence-corrected chi connectivity index (χ2v) is 5.68. The average Bonchev–Trinajstić information content (AvgIpc) is 2.72. The molecular formula is C17H26O2. The summed E-state index contributed by atoms with van der Waals surface area (Å²) >= 11 is 0. The molecule has 0 heterocycles. The summed E-state index contributed by atoms with van der Waals surface area (Å²) in [5.74, 6) is 0. The van der Waals surface area contributed by atoms with Crippen LogP contribution < -0.4 is 0 Å². The summed E-state index contributed by atoms with van der Waals surface area (Å²) < 4.78 is 6.04. The maximum atomic E-state index is 10.3. The van der Waals surface area contributed by atoms with Gasteiger partial charge in [-0.15, -0.1) is 0 Å². The predicted octanol–water partition coefficient (Wildman–Crippen LogP) is 4.02. The Bertz CT molecular complexity index is 389. The molecule has 2 rings (SSSR count). The minimum Gasteiger partial charge on any atom is -0.386 e. The van der Waals surface area contributed by atoms with Crippen molar-refractivity contribution in [2.24, 2.45) is 0 Å². The molecule has 1 aliphatic carbocycles. The topological polar surface area (TPSA) is 29.5 Å². The Morgan fingerprint density at radius 2 is 2.05 bits per heavy atom. The SMILES string of the molecule is CCCCCCC(C)OC1Cc2ccccc2C1O. The molecule has 0 amide bonds. The van der Waals surface area contributed by atoms with E-state index < -0.39 is 6.10 Å². The van der Waals surface area contributed by atoms with Crippen molar-refractivity contribution in [2.45, 2.75) is 70.7 Å². The summed E-state index contributed by atoms with van der Waals surface area (Å²) in [7, 11) is 0. The molecule has 0 saturated heterocycles. The molecule has 1 N–H and O–H groups in total. The monoisotopic (exact) mass is 262 g/mol. The van der Waals surface area contributed by atoms with E-state index in [1.807, 2.05) is 18.2 Å². The van der Waals surface area contributed by atoms with E-state index in [9.17, 15) is 5.11 Å². The number of fused-ring (bicyclic) bond motifs is 1. The highest BCUT2D eigenvalue weighted by Gasteiger charge is 2.32. The highest BCUT2D eigenvalue weighted by atomic mass is 16.5. The van der Waals surface area contributed by atoms with Gasteiger partial charge in [-0.1, -0.05) is 56.9 Å². The van der Waals surface area contributed by atoms with Crippen LogP contribution in [0.4, 0.5) is 0 Å². The molecule has 2 nitrogen and oxygen atoms in total. The summed E-state index contributed by atoms with van der Waals surface area (Å²) in [6.07, 6.45) is 6.77. The average molecular weight is 262 g/mol. The van der Waals surface area contributed by atoms with E-state index in [1.54, 1.807) is 0 Å². The van der Waals surface area contributed by atoms with Gasteiger partial charge < -0.3 is 9.84 Å². The van der Waals surface area contributed by atoms with Gasteiger partial charge in [-0.25, -0.2) is 0 Å². The van der Waals surface area contributed by atoms with Gasteiger partial charge in [-0.3, -0.25) is 0 Å². The molecular weight excluding hydrogens is 236 g/mol. The highest BCUT2D eigenvalue weighted by molar-refractivity contribution is 5.35. The standard InChI is InChI=1S/C17H26O2/c1-3-4-5-6-9-13(2)19-16-12-14-10-7-8-11-15(14)17(16)18/h7-8,10-11,13,16-18H,3-6,9,12H2,1-2H3. The smallest absolute Gasteiger partial charge is 0.106 e. The fourth-order valence-corrected chi connectivity index (χ4v) is 2.88. The first-order chi connectivity index (χ1) is 9.22. The minimum absolute atomic E-state index is 0.0569. The summed E-state index contributed by atoms with van der Waals surface area (Å²) in [5, 5.41) is 10.3. The lowest BCUT2D eigenvalue weighted by Crippen LogP contribution is -2.24. The van der Waals surface area contributed by atoms with E-state index in [1.165, 1.54) is 31.2 Å². The molecule has 0 radical (unpaired) electrons. The van der Waals surface area contributed by atoms with Crippen molar-refractivity contribution < 1.29 is 9.84 Å². The van der Waals surface area contributed by atoms with Crippen LogP contribution in [-0.2, 0) is 11.2 Å². The quantitative estimate of drug-likeness (QED) is 0.752. The molecule has 1 aromatic carbocycles. The Morgan fingerprint density at radius 3 is 2.79 bits per heavy atom. The van der Waals surface area contributed by atoms with Crippen LogP contribution in [0, 0.1) is 0 Å². The molecule has 19 heavy (non-hydrogen) atoms. The normalized spacial score (nSPS) is 23.3. The number of hydrogen-bond donors (Lipinski definition) is 1. The Hall–Kier alpha value is -0.860. The number of aliphatic hydroxyl groups is 1. The lowest BCUT2D eigenvalue weighted by Gasteiger charge is -2.21. The maximum Gasteiger partial charge on any atom is 0.106 e. The van der Waals surface area contributed by atoms with Gasteiger partial charge in [-0.05, 0) is 24.5 Å². The molecule has 0 aromatic heterocycles. The zero-order valence-corrected chi connectivity index (χ0v) is 12.1. The molecule has 0 spiro atoms. The molecule has 2 heteroatoms. The van der Waals surface area contributed by atoms with E-state index >= 15 is 0 Å². The first kappa shape index (κ1) is 14.5. The van der Waals surface area contributed by atoms with Crippen LogP contribution in [0.2, 0.25) is 0 Å². The van der Waals surface area contributed by atoms with Crippen LogP contribution in [0.3, 0.4) is 0 Å². The zero-order chi connectivity index (χ0) is 13.7. The van der Waals surface area contributed by atoms with Gasteiger partial charge in [0.25, 0.3) is 0 Å². The number of hydrogen-bond acceptors (Lipinski definition) is 2. The minimum atomic E-state index is -0.450. The van der Waals surface area contributed by atoms with Gasteiger partial charge in [0.05, 0.1) is 12.2 Å². The predicted molar refractivity (Wildman–Crippen MR) is 78.2 cm³/mol. The lowest BCUT2D eigenvalue weighted by molar-refractivity contribution is -0.0657. The summed E-state index contributed by atoms with van der Waals surface area (Å²) in [6.45, 7) is 4.35. The van der Waals surface area contributed by atoms with Gasteiger partial charge in [0.1, 0.15) is 6.10 Å². The fourth-order valence-electron chi connectivity index (χ4n) is 2.88. The van der Waals surface area contributed by atoms with Crippen molar-refractivity contribution in [1.29, 1.82) is 0 Å². The van der Waals surface area contributed by atoms with Crippen molar-refractivity contribution in [1.82, 2.24) is 0 Å². The Labute approximate surface area is 116 Å². The third kappa shape index (κ3) is 3.80. The van der Waals surface area contributed by atoms with E-state index in [2.05, 4.69) is 19.9 Å². The Morgan fingerprint density at radius 1 is 1.26 bits per heavy atom. The second kappa shape index (κ2) is 7.06. The van der Waals surface area contributed by atoms with Crippen LogP contribution in [0.5, 0.6) is 0 Å². The third-order valence-corrected chi connectivity index (χ3v) is 4.02. The molecule has 1 aromatic rings. The third-order valence-electron chi connectivity index (χ3n) is 4.02. The number of benzene rings is 1. The van der Waals surface area contributed by atoms with Crippen LogP contribution in [0.15, 0.2) is 24.3 Å². The molecule has 0 fully saturated rings. The van der Waals surface area contributed by atoms with Gasteiger partial charge in [0.2, 0.25) is 0 Å². The molecule has 0 saturated carbocycles. The van der Waals surface area contributed by atoms with E-state index in [0.717, 1.165) is 18.4 Å². The van der Waals surface area contributed by atoms with E-state index in [-0.39, 0.29) is 12.2 Å². The van der Waals surface area contributed by atoms with Crippen molar-refractivity contribution in [2.75, 3.05) is 0 Å². The number of aliphatic hydroxyl groups excluding tert-OH is 1. The molecule has 3 atom stereocenters. The highest BCUT2D eigenvalue weighted by Crippen LogP contribution is 2.33. The largest absolute Gasteiger partial charge is 0.386 e. The molecule has 3 unspecified atom stereocenters. The van der Waals surface area contributed by atoms with Crippen LogP contribution in [0.25, 0.3) is 0 Å². The van der Waals surface area contributed by atoms with Crippen LogP contribution in [0.1, 0.15) is 63.2 Å². The fraction of sp³-hybridized carbons (Fsp3) is 0.647. The molecule has 0 aliphatic heterocycles. The van der Waals surface area contributed by atoms with Gasteiger partial charge >= 0.3 is 0 Å². The van der Waals surface area contributed by atoms with Gasteiger partial charge in [0, 0.05) is 6.42 Å².